The van der Waals surface area contributed by atoms with Crippen LogP contribution in [0.4, 0.5) is 0 Å². The van der Waals surface area contributed by atoms with Crippen LogP contribution < -0.4 is 5.32 Å². The van der Waals surface area contributed by atoms with Crippen LogP contribution in [0.3, 0.4) is 0 Å². The fourth-order valence-electron chi connectivity index (χ4n) is 1.83. The average Bonchev–Trinajstić information content (AvgIpc) is 2.87. The third kappa shape index (κ3) is 3.70. The van der Waals surface area contributed by atoms with Gasteiger partial charge in [0.05, 0.1) is 7.11 Å². The van der Waals surface area contributed by atoms with E-state index in [9.17, 15) is 9.59 Å². The number of nitrogens with one attached hydrogen (secondary N) is 1. The molecule has 1 aliphatic heterocycles. The zero-order chi connectivity index (χ0) is 12.8. The fraction of sp³-hybridized carbons (Fsp3) is 0.833. The van der Waals surface area contributed by atoms with Gasteiger partial charge in [0, 0.05) is 6.61 Å². The summed E-state index contributed by atoms with van der Waals surface area (Å²) in [5.74, 6) is -0.559. The molecule has 1 saturated heterocycles. The minimum Gasteiger partial charge on any atom is -0.467 e. The number of rotatable bonds is 5. The highest BCUT2D eigenvalue weighted by atomic mass is 16.5. The monoisotopic (exact) mass is 243 g/mol. The van der Waals surface area contributed by atoms with Crippen molar-refractivity contribution >= 4 is 11.9 Å². The number of carbonyl (C=O) groups excluding carboxylic acids is 2. The summed E-state index contributed by atoms with van der Waals surface area (Å²) >= 11 is 0. The van der Waals surface area contributed by atoms with E-state index in [-0.39, 0.29) is 11.8 Å². The summed E-state index contributed by atoms with van der Waals surface area (Å²) in [7, 11) is 1.33. The highest BCUT2D eigenvalue weighted by Crippen LogP contribution is 2.14. The zero-order valence-corrected chi connectivity index (χ0v) is 10.7. The van der Waals surface area contributed by atoms with Crippen molar-refractivity contribution in [1.29, 1.82) is 0 Å². The normalized spacial score (nSPS) is 22.9. The molecule has 0 bridgehead atoms. The second kappa shape index (κ2) is 6.59. The van der Waals surface area contributed by atoms with Gasteiger partial charge in [0.1, 0.15) is 12.1 Å². The lowest BCUT2D eigenvalue weighted by Crippen LogP contribution is -2.49. The average molecular weight is 243 g/mol. The first-order valence-corrected chi connectivity index (χ1v) is 6.10. The zero-order valence-electron chi connectivity index (χ0n) is 10.7. The topological polar surface area (TPSA) is 64.6 Å². The molecule has 0 aromatic carbocycles. The predicted octanol–water partition coefficient (Wildman–Crippen LogP) is 0.869. The molecule has 5 heteroatoms. The van der Waals surface area contributed by atoms with Gasteiger partial charge in [-0.3, -0.25) is 4.79 Å². The molecule has 1 rings (SSSR count). The van der Waals surface area contributed by atoms with Crippen LogP contribution in [0.25, 0.3) is 0 Å². The van der Waals surface area contributed by atoms with E-state index >= 15 is 0 Å². The first-order chi connectivity index (χ1) is 8.10. The predicted molar refractivity (Wildman–Crippen MR) is 62.4 cm³/mol. The number of esters is 1. The van der Waals surface area contributed by atoms with Crippen molar-refractivity contribution in [3.05, 3.63) is 0 Å². The molecule has 0 saturated carbocycles. The molecule has 0 aromatic heterocycles. The van der Waals surface area contributed by atoms with Crippen LogP contribution in [0.5, 0.6) is 0 Å². The van der Waals surface area contributed by atoms with Crippen LogP contribution in [0.1, 0.15) is 33.1 Å². The van der Waals surface area contributed by atoms with Gasteiger partial charge >= 0.3 is 5.97 Å². The van der Waals surface area contributed by atoms with Crippen molar-refractivity contribution in [2.45, 2.75) is 45.3 Å². The van der Waals surface area contributed by atoms with E-state index in [1.54, 1.807) is 0 Å². The van der Waals surface area contributed by atoms with Crippen molar-refractivity contribution < 1.29 is 19.1 Å². The second-order valence-electron chi connectivity index (χ2n) is 4.40. The number of hydrogen-bond acceptors (Lipinski definition) is 4. The molecule has 0 aliphatic carbocycles. The minimum absolute atomic E-state index is 0.0489. The van der Waals surface area contributed by atoms with Crippen LogP contribution in [-0.2, 0) is 19.1 Å². The van der Waals surface area contributed by atoms with E-state index in [1.807, 2.05) is 13.8 Å². The largest absolute Gasteiger partial charge is 0.467 e. The Hall–Kier alpha value is -1.10. The molecule has 98 valence electrons. The Morgan fingerprint density at radius 1 is 1.53 bits per heavy atom. The van der Waals surface area contributed by atoms with Crippen LogP contribution in [0, 0.1) is 5.92 Å². The highest BCUT2D eigenvalue weighted by Gasteiger charge is 2.31. The Morgan fingerprint density at radius 3 is 2.71 bits per heavy atom. The lowest BCUT2D eigenvalue weighted by Gasteiger charge is -2.23. The second-order valence-corrected chi connectivity index (χ2v) is 4.40. The van der Waals surface area contributed by atoms with Crippen molar-refractivity contribution in [2.75, 3.05) is 13.7 Å². The van der Waals surface area contributed by atoms with E-state index in [0.717, 1.165) is 19.3 Å². The van der Waals surface area contributed by atoms with Crippen molar-refractivity contribution in [3.8, 4) is 0 Å². The summed E-state index contributed by atoms with van der Waals surface area (Å²) in [4.78, 5) is 23.4. The third-order valence-electron chi connectivity index (χ3n) is 3.19. The maximum Gasteiger partial charge on any atom is 0.328 e. The van der Waals surface area contributed by atoms with Crippen molar-refractivity contribution in [1.82, 2.24) is 5.32 Å². The SMILES string of the molecule is CC[C@H](C)[C@@H](NC(=O)[C@@H]1CCCO1)C(=O)OC. The van der Waals surface area contributed by atoms with Crippen molar-refractivity contribution in [3.63, 3.8) is 0 Å². The molecule has 1 amide bonds. The standard InChI is InChI=1S/C12H21NO4/c1-4-8(2)10(12(15)16-3)13-11(14)9-6-5-7-17-9/h8-10H,4-7H2,1-3H3,(H,13,14)/t8-,9-,10+/m0/s1. The maximum absolute atomic E-state index is 11.9. The van der Waals surface area contributed by atoms with E-state index < -0.39 is 18.1 Å². The van der Waals surface area contributed by atoms with Gasteiger partial charge in [0.15, 0.2) is 0 Å². The number of carbonyl (C=O) groups is 2. The molecule has 17 heavy (non-hydrogen) atoms. The van der Waals surface area contributed by atoms with Gasteiger partial charge < -0.3 is 14.8 Å². The number of hydrogen-bond donors (Lipinski definition) is 1. The Bertz CT molecular complexity index is 274. The van der Waals surface area contributed by atoms with E-state index in [1.165, 1.54) is 7.11 Å². The van der Waals surface area contributed by atoms with Crippen LogP contribution >= 0.6 is 0 Å². The number of amides is 1. The van der Waals surface area contributed by atoms with Crippen LogP contribution in [-0.4, -0.2) is 37.7 Å². The smallest absolute Gasteiger partial charge is 0.328 e. The molecule has 1 fully saturated rings. The van der Waals surface area contributed by atoms with E-state index in [2.05, 4.69) is 5.32 Å². The lowest BCUT2D eigenvalue weighted by molar-refractivity contribution is -0.148. The van der Waals surface area contributed by atoms with Gasteiger partial charge in [-0.05, 0) is 18.8 Å². The van der Waals surface area contributed by atoms with Gasteiger partial charge in [0.25, 0.3) is 0 Å². The maximum atomic E-state index is 11.9. The van der Waals surface area contributed by atoms with E-state index in [4.69, 9.17) is 9.47 Å². The molecule has 3 atom stereocenters. The summed E-state index contributed by atoms with van der Waals surface area (Å²) in [6, 6.07) is -0.582. The van der Waals surface area contributed by atoms with Crippen LogP contribution in [0.15, 0.2) is 0 Å². The first kappa shape index (κ1) is 14.0. The fourth-order valence-corrected chi connectivity index (χ4v) is 1.83. The van der Waals surface area contributed by atoms with Gasteiger partial charge in [-0.1, -0.05) is 20.3 Å². The summed E-state index contributed by atoms with van der Waals surface area (Å²) in [6.07, 6.45) is 2.00. The summed E-state index contributed by atoms with van der Waals surface area (Å²) in [5, 5.41) is 2.72. The quantitative estimate of drug-likeness (QED) is 0.728. The molecule has 0 radical (unpaired) electrons. The molecular weight excluding hydrogens is 222 g/mol. The Morgan fingerprint density at radius 2 is 2.24 bits per heavy atom. The van der Waals surface area contributed by atoms with Crippen molar-refractivity contribution in [2.24, 2.45) is 5.92 Å². The Labute approximate surface area is 102 Å². The molecule has 1 heterocycles. The molecular formula is C12H21NO4. The third-order valence-corrected chi connectivity index (χ3v) is 3.19. The highest BCUT2D eigenvalue weighted by molar-refractivity contribution is 5.87. The molecule has 1 N–H and O–H groups in total. The molecule has 0 spiro atoms. The van der Waals surface area contributed by atoms with Gasteiger partial charge in [-0.25, -0.2) is 4.79 Å². The van der Waals surface area contributed by atoms with Gasteiger partial charge in [0.2, 0.25) is 5.91 Å². The van der Waals surface area contributed by atoms with Crippen LogP contribution in [0.2, 0.25) is 0 Å². The summed E-state index contributed by atoms with van der Waals surface area (Å²) in [6.45, 7) is 4.50. The molecule has 0 aromatic rings. The molecule has 0 unspecified atom stereocenters. The lowest BCUT2D eigenvalue weighted by atomic mass is 9.99. The van der Waals surface area contributed by atoms with Gasteiger partial charge in [-0.2, -0.15) is 0 Å². The summed E-state index contributed by atoms with van der Waals surface area (Å²) in [5.41, 5.74) is 0. The molecule has 1 aliphatic rings. The van der Waals surface area contributed by atoms with E-state index in [0.29, 0.717) is 6.61 Å². The first-order valence-electron chi connectivity index (χ1n) is 6.10. The number of methoxy groups -OCH3 is 1. The minimum atomic E-state index is -0.582. The van der Waals surface area contributed by atoms with Gasteiger partial charge in [-0.15, -0.1) is 0 Å². The molecule has 5 nitrogen and oxygen atoms in total. The summed E-state index contributed by atoms with van der Waals surface area (Å²) < 4.78 is 9.98. The number of ether oxygens (including phenoxy) is 2. The Balaban J connectivity index is 2.58. The Kier molecular flexibility index (Phi) is 5.41.